The van der Waals surface area contributed by atoms with E-state index in [-0.39, 0.29) is 63.1 Å². The SMILES string of the molecule is COc1cc(C=C[C@H]2C3=CC[C@@H]4C(=O)N(c5ccc([N+](=O)[O-])cc5)C(=O)[C@@H]4[C@@H]3CC3=C2C(=O)C=C(Br)C3=O)cc(OC)c1O. The van der Waals surface area contributed by atoms with Gasteiger partial charge in [-0.2, -0.15) is 0 Å². The van der Waals surface area contributed by atoms with Crippen molar-refractivity contribution in [3.05, 3.63) is 91.5 Å². The van der Waals surface area contributed by atoms with E-state index in [1.54, 1.807) is 24.3 Å². The molecule has 4 aliphatic rings. The van der Waals surface area contributed by atoms with Gasteiger partial charge in [-0.1, -0.05) is 23.8 Å². The van der Waals surface area contributed by atoms with E-state index in [1.165, 1.54) is 44.6 Å². The number of aromatic hydroxyl groups is 1. The Labute approximate surface area is 259 Å². The van der Waals surface area contributed by atoms with Gasteiger partial charge < -0.3 is 14.6 Å². The fourth-order valence-corrected chi connectivity index (χ4v) is 7.13. The van der Waals surface area contributed by atoms with E-state index in [2.05, 4.69) is 15.9 Å². The number of imide groups is 1. The summed E-state index contributed by atoms with van der Waals surface area (Å²) in [6.07, 6.45) is 6.99. The lowest BCUT2D eigenvalue weighted by Crippen LogP contribution is -2.40. The van der Waals surface area contributed by atoms with Gasteiger partial charge in [0, 0.05) is 35.3 Å². The van der Waals surface area contributed by atoms with Crippen LogP contribution in [-0.4, -0.2) is 47.6 Å². The molecule has 0 saturated carbocycles. The van der Waals surface area contributed by atoms with Gasteiger partial charge in [0.2, 0.25) is 17.6 Å². The van der Waals surface area contributed by atoms with Crippen LogP contribution in [-0.2, 0) is 19.2 Å². The summed E-state index contributed by atoms with van der Waals surface area (Å²) in [5.41, 5.74) is 2.03. The number of phenolic OH excluding ortho intramolecular Hbond substituents is 1. The summed E-state index contributed by atoms with van der Waals surface area (Å²) >= 11 is 3.21. The fourth-order valence-electron chi connectivity index (χ4n) is 6.68. The molecular formula is C32H25BrN2O9. The summed E-state index contributed by atoms with van der Waals surface area (Å²) in [5.74, 6) is -4.02. The monoisotopic (exact) mass is 660 g/mol. The van der Waals surface area contributed by atoms with Crippen LogP contribution in [0.15, 0.2) is 75.8 Å². The van der Waals surface area contributed by atoms with Crippen LogP contribution in [0.1, 0.15) is 18.4 Å². The number of anilines is 1. The molecular weight excluding hydrogens is 636 g/mol. The van der Waals surface area contributed by atoms with Gasteiger partial charge in [-0.25, -0.2) is 0 Å². The maximum Gasteiger partial charge on any atom is 0.269 e. The molecule has 12 heteroatoms. The molecule has 0 spiro atoms. The van der Waals surface area contributed by atoms with Crippen molar-refractivity contribution in [3.63, 3.8) is 0 Å². The molecule has 1 heterocycles. The largest absolute Gasteiger partial charge is 0.502 e. The van der Waals surface area contributed by atoms with E-state index in [0.29, 0.717) is 11.1 Å². The highest BCUT2D eigenvalue weighted by Gasteiger charge is 2.56. The van der Waals surface area contributed by atoms with Crippen molar-refractivity contribution in [1.29, 1.82) is 0 Å². The predicted octanol–water partition coefficient (Wildman–Crippen LogP) is 4.83. The van der Waals surface area contributed by atoms with Crippen molar-refractivity contribution in [1.82, 2.24) is 0 Å². The number of nitro benzene ring substituents is 1. The number of halogens is 1. The van der Waals surface area contributed by atoms with Crippen LogP contribution in [0.3, 0.4) is 0 Å². The number of ketones is 2. The number of non-ortho nitro benzene ring substituents is 1. The number of Topliss-reactive ketones (excluding diaryl/α,β-unsaturated/α-hetero) is 1. The normalized spacial score (nSPS) is 24.6. The first-order chi connectivity index (χ1) is 21.0. The lowest BCUT2D eigenvalue weighted by atomic mass is 9.61. The summed E-state index contributed by atoms with van der Waals surface area (Å²) in [6, 6.07) is 8.42. The molecule has 6 rings (SSSR count). The molecule has 2 amide bonds. The van der Waals surface area contributed by atoms with E-state index >= 15 is 0 Å². The van der Waals surface area contributed by atoms with Gasteiger partial charge in [0.1, 0.15) is 0 Å². The van der Waals surface area contributed by atoms with Crippen LogP contribution in [0.25, 0.3) is 6.08 Å². The number of nitrogens with zero attached hydrogens (tertiary/aromatic N) is 2. The standard InChI is InChI=1S/C32H25BrN2O9/c1-43-25-11-15(12-26(44-2)30(25)38)3-8-19-18-9-10-20-28(21(18)13-22-27(19)24(36)14-23(33)29(22)37)32(40)34(31(20)39)16-4-6-17(7-5-16)35(41)42/h3-9,11-12,14,19-21,28,38H,10,13H2,1-2H3/t19-,20-,21+,28-/m0/s1. The van der Waals surface area contributed by atoms with Crippen molar-refractivity contribution in [2.45, 2.75) is 12.8 Å². The molecule has 11 nitrogen and oxygen atoms in total. The van der Waals surface area contributed by atoms with Gasteiger partial charge in [-0.05, 0) is 64.5 Å². The number of fused-ring (bicyclic) bond motifs is 3. The van der Waals surface area contributed by atoms with Crippen LogP contribution in [0, 0.1) is 33.8 Å². The Kier molecular flexibility index (Phi) is 7.32. The lowest BCUT2D eigenvalue weighted by molar-refractivity contribution is -0.384. The number of carbonyl (C=O) groups is 4. The number of phenols is 1. The van der Waals surface area contributed by atoms with Gasteiger partial charge in [-0.15, -0.1) is 0 Å². The summed E-state index contributed by atoms with van der Waals surface area (Å²) < 4.78 is 10.7. The van der Waals surface area contributed by atoms with Crippen LogP contribution in [0.5, 0.6) is 17.2 Å². The molecule has 1 N–H and O–H groups in total. The fraction of sp³-hybridized carbons (Fsp3) is 0.250. The Hall–Kier alpha value is -4.84. The molecule has 224 valence electrons. The van der Waals surface area contributed by atoms with Crippen molar-refractivity contribution in [2.24, 2.45) is 23.7 Å². The van der Waals surface area contributed by atoms with Gasteiger partial charge in [0.15, 0.2) is 23.1 Å². The Morgan fingerprint density at radius 2 is 1.68 bits per heavy atom. The third-order valence-corrected chi connectivity index (χ3v) is 9.27. The van der Waals surface area contributed by atoms with Gasteiger partial charge in [-0.3, -0.25) is 34.2 Å². The number of amides is 2. The summed E-state index contributed by atoms with van der Waals surface area (Å²) in [7, 11) is 2.81. The highest BCUT2D eigenvalue weighted by atomic mass is 79.9. The second-order valence-corrected chi connectivity index (χ2v) is 11.7. The number of nitro groups is 1. The van der Waals surface area contributed by atoms with Crippen LogP contribution < -0.4 is 14.4 Å². The van der Waals surface area contributed by atoms with Crippen molar-refractivity contribution in [2.75, 3.05) is 19.1 Å². The summed E-state index contributed by atoms with van der Waals surface area (Å²) in [6.45, 7) is 0. The zero-order valence-electron chi connectivity index (χ0n) is 23.5. The first-order valence-electron chi connectivity index (χ1n) is 13.7. The van der Waals surface area contributed by atoms with Gasteiger partial charge in [0.05, 0.1) is 41.1 Å². The first kappa shape index (κ1) is 29.2. The number of ether oxygens (including phenoxy) is 2. The molecule has 1 fully saturated rings. The number of allylic oxidation sites excluding steroid dienone is 7. The van der Waals surface area contributed by atoms with Gasteiger partial charge >= 0.3 is 0 Å². The third-order valence-electron chi connectivity index (χ3n) is 8.68. The molecule has 0 radical (unpaired) electrons. The van der Waals surface area contributed by atoms with E-state index in [1.807, 2.05) is 6.08 Å². The number of benzene rings is 2. The average Bonchev–Trinajstić information content (AvgIpc) is 3.27. The molecule has 0 bridgehead atoms. The number of hydrogen-bond acceptors (Lipinski definition) is 9. The van der Waals surface area contributed by atoms with E-state index in [9.17, 15) is 34.4 Å². The molecule has 0 aromatic heterocycles. The molecule has 0 unspecified atom stereocenters. The van der Waals surface area contributed by atoms with E-state index in [0.717, 1.165) is 10.5 Å². The Balaban J connectivity index is 1.41. The third kappa shape index (κ3) is 4.57. The van der Waals surface area contributed by atoms with Crippen molar-refractivity contribution in [3.8, 4) is 17.2 Å². The molecule has 2 aromatic rings. The first-order valence-corrected chi connectivity index (χ1v) is 14.5. The number of rotatable bonds is 6. The molecule has 1 saturated heterocycles. The molecule has 3 aliphatic carbocycles. The molecule has 2 aromatic carbocycles. The lowest BCUT2D eigenvalue weighted by Gasteiger charge is -2.41. The smallest absolute Gasteiger partial charge is 0.269 e. The van der Waals surface area contributed by atoms with Gasteiger partial charge in [0.25, 0.3) is 5.69 Å². The maximum absolute atomic E-state index is 13.9. The second-order valence-electron chi connectivity index (χ2n) is 10.9. The van der Waals surface area contributed by atoms with Crippen LogP contribution >= 0.6 is 15.9 Å². The number of hydrogen-bond donors (Lipinski definition) is 1. The summed E-state index contributed by atoms with van der Waals surface area (Å²) in [5, 5.41) is 21.5. The Morgan fingerprint density at radius 3 is 2.30 bits per heavy atom. The highest BCUT2D eigenvalue weighted by molar-refractivity contribution is 9.12. The Morgan fingerprint density at radius 1 is 1.02 bits per heavy atom. The topological polar surface area (TPSA) is 153 Å². The van der Waals surface area contributed by atoms with E-state index in [4.69, 9.17) is 9.47 Å². The predicted molar refractivity (Wildman–Crippen MR) is 161 cm³/mol. The number of carbonyl (C=O) groups excluding carboxylic acids is 4. The highest BCUT2D eigenvalue weighted by Crippen LogP contribution is 2.53. The zero-order valence-corrected chi connectivity index (χ0v) is 25.1. The average molecular weight is 661 g/mol. The molecule has 1 aliphatic heterocycles. The van der Waals surface area contributed by atoms with E-state index < -0.39 is 40.4 Å². The Bertz CT molecular complexity index is 1760. The van der Waals surface area contributed by atoms with Crippen molar-refractivity contribution < 1.29 is 38.7 Å². The number of methoxy groups -OCH3 is 2. The maximum atomic E-state index is 13.9. The quantitative estimate of drug-likeness (QED) is 0.151. The second kappa shape index (κ2) is 11.0. The minimum absolute atomic E-state index is 0.105. The molecule has 4 atom stereocenters. The van der Waals surface area contributed by atoms with Crippen LogP contribution in [0.4, 0.5) is 11.4 Å². The van der Waals surface area contributed by atoms with Crippen LogP contribution in [0.2, 0.25) is 0 Å². The molecule has 44 heavy (non-hydrogen) atoms. The zero-order chi connectivity index (χ0) is 31.4. The summed E-state index contributed by atoms with van der Waals surface area (Å²) in [4.78, 5) is 65.9. The van der Waals surface area contributed by atoms with Crippen molar-refractivity contribution >= 4 is 56.8 Å². The minimum Gasteiger partial charge on any atom is -0.502 e. The minimum atomic E-state index is -0.788.